The lowest BCUT2D eigenvalue weighted by Crippen LogP contribution is -2.30. The lowest BCUT2D eigenvalue weighted by molar-refractivity contribution is -0.147. The number of aryl methyl sites for hydroxylation is 1. The molecule has 0 radical (unpaired) electrons. The van der Waals surface area contributed by atoms with Crippen LogP contribution in [-0.2, 0) is 20.7 Å². The second kappa shape index (κ2) is 10.5. The van der Waals surface area contributed by atoms with Crippen LogP contribution in [0.5, 0.6) is 0 Å². The quantitative estimate of drug-likeness (QED) is 0.669. The molecule has 0 unspecified atom stereocenters. The van der Waals surface area contributed by atoms with Crippen LogP contribution >= 0.6 is 11.3 Å². The highest BCUT2D eigenvalue weighted by Gasteiger charge is 2.13. The maximum Gasteiger partial charge on any atom is 0.306 e. The van der Waals surface area contributed by atoms with E-state index in [1.165, 1.54) is 0 Å². The van der Waals surface area contributed by atoms with E-state index in [0.717, 1.165) is 4.88 Å². The number of esters is 1. The van der Waals surface area contributed by atoms with E-state index in [0.29, 0.717) is 30.8 Å². The van der Waals surface area contributed by atoms with E-state index in [1.807, 2.05) is 31.4 Å². The Morgan fingerprint density at radius 2 is 1.78 bits per heavy atom. The number of amides is 2. The van der Waals surface area contributed by atoms with Gasteiger partial charge in [0.25, 0.3) is 11.8 Å². The highest BCUT2D eigenvalue weighted by atomic mass is 32.1. The third-order valence-corrected chi connectivity index (χ3v) is 4.92. The van der Waals surface area contributed by atoms with E-state index in [1.54, 1.807) is 40.5 Å². The van der Waals surface area contributed by atoms with Gasteiger partial charge in [-0.05, 0) is 56.0 Å². The summed E-state index contributed by atoms with van der Waals surface area (Å²) >= 11 is 1.58. The molecule has 1 aromatic heterocycles. The molecule has 2 amide bonds. The van der Waals surface area contributed by atoms with Gasteiger partial charge in [0.15, 0.2) is 6.61 Å². The number of hydrogen-bond acceptors (Lipinski definition) is 5. The molecule has 0 aliphatic heterocycles. The largest absolute Gasteiger partial charge is 0.456 e. The highest BCUT2D eigenvalue weighted by Crippen LogP contribution is 2.13. The van der Waals surface area contributed by atoms with Gasteiger partial charge in [0, 0.05) is 29.2 Å². The fraction of sp³-hybridized carbons (Fsp3) is 0.350. The molecule has 0 saturated heterocycles. The summed E-state index contributed by atoms with van der Waals surface area (Å²) in [5, 5.41) is 4.60. The molecule has 0 saturated carbocycles. The lowest BCUT2D eigenvalue weighted by Gasteiger charge is -2.18. The molecule has 1 heterocycles. The van der Waals surface area contributed by atoms with Crippen LogP contribution in [0.3, 0.4) is 0 Å². The number of anilines is 1. The Morgan fingerprint density at radius 1 is 1.07 bits per heavy atom. The average molecular weight is 388 g/mol. The predicted octanol–water partition coefficient (Wildman–Crippen LogP) is 3.34. The number of nitrogens with one attached hydrogen (secondary N) is 1. The van der Waals surface area contributed by atoms with Crippen LogP contribution in [0.25, 0.3) is 0 Å². The highest BCUT2D eigenvalue weighted by molar-refractivity contribution is 7.09. The molecule has 7 heteroatoms. The van der Waals surface area contributed by atoms with Crippen molar-refractivity contribution in [1.82, 2.24) is 4.90 Å². The number of carbonyl (C=O) groups excluding carboxylic acids is 3. The Hall–Kier alpha value is -2.67. The molecule has 0 aliphatic rings. The Balaban J connectivity index is 1.76. The number of hydrogen-bond donors (Lipinski definition) is 1. The van der Waals surface area contributed by atoms with Gasteiger partial charge in [-0.15, -0.1) is 11.3 Å². The summed E-state index contributed by atoms with van der Waals surface area (Å²) in [6.45, 7) is 4.82. The van der Waals surface area contributed by atoms with Gasteiger partial charge in [0.2, 0.25) is 0 Å². The molecule has 0 bridgehead atoms. The van der Waals surface area contributed by atoms with Crippen molar-refractivity contribution in [1.29, 1.82) is 0 Å². The topological polar surface area (TPSA) is 75.7 Å². The fourth-order valence-corrected chi connectivity index (χ4v) is 3.19. The van der Waals surface area contributed by atoms with Gasteiger partial charge in [-0.3, -0.25) is 14.4 Å². The van der Waals surface area contributed by atoms with E-state index >= 15 is 0 Å². The smallest absolute Gasteiger partial charge is 0.306 e. The van der Waals surface area contributed by atoms with Crippen LogP contribution in [0.15, 0.2) is 41.8 Å². The summed E-state index contributed by atoms with van der Waals surface area (Å²) in [6, 6.07) is 10.5. The molecule has 0 fully saturated rings. The Labute approximate surface area is 163 Å². The lowest BCUT2D eigenvalue weighted by atomic mass is 10.2. The minimum atomic E-state index is -0.415. The monoisotopic (exact) mass is 388 g/mol. The van der Waals surface area contributed by atoms with Gasteiger partial charge in [0.05, 0.1) is 6.42 Å². The summed E-state index contributed by atoms with van der Waals surface area (Å²) in [7, 11) is 0. The van der Waals surface area contributed by atoms with Gasteiger partial charge in [-0.25, -0.2) is 0 Å². The molecule has 144 valence electrons. The van der Waals surface area contributed by atoms with Crippen molar-refractivity contribution in [3.63, 3.8) is 0 Å². The Morgan fingerprint density at radius 3 is 2.37 bits per heavy atom. The molecule has 1 aromatic carbocycles. The number of thiophene rings is 1. The van der Waals surface area contributed by atoms with Gasteiger partial charge in [-0.2, -0.15) is 0 Å². The Kier molecular flexibility index (Phi) is 8.00. The van der Waals surface area contributed by atoms with Crippen molar-refractivity contribution >= 4 is 34.8 Å². The molecule has 2 rings (SSSR count). The van der Waals surface area contributed by atoms with Gasteiger partial charge in [0.1, 0.15) is 0 Å². The summed E-state index contributed by atoms with van der Waals surface area (Å²) < 4.78 is 4.99. The zero-order chi connectivity index (χ0) is 19.6. The first kappa shape index (κ1) is 20.6. The van der Waals surface area contributed by atoms with Crippen LogP contribution in [-0.4, -0.2) is 42.4 Å². The first-order valence-electron chi connectivity index (χ1n) is 8.90. The van der Waals surface area contributed by atoms with Gasteiger partial charge in [-0.1, -0.05) is 6.07 Å². The summed E-state index contributed by atoms with van der Waals surface area (Å²) in [5.41, 5.74) is 1.11. The minimum absolute atomic E-state index is 0.0439. The zero-order valence-corrected chi connectivity index (χ0v) is 16.4. The van der Waals surface area contributed by atoms with Crippen molar-refractivity contribution in [2.75, 3.05) is 25.0 Å². The van der Waals surface area contributed by atoms with Crippen LogP contribution in [0, 0.1) is 0 Å². The van der Waals surface area contributed by atoms with Crippen LogP contribution in [0.1, 0.15) is 35.5 Å². The SMILES string of the molecule is CCN(CC)C(=O)c1ccc(NC(=O)COC(=O)CCc2cccs2)cc1. The second-order valence-electron chi connectivity index (χ2n) is 5.84. The maximum absolute atomic E-state index is 12.2. The standard InChI is InChI=1S/C20H24N2O4S/c1-3-22(4-2)20(25)15-7-9-16(10-8-15)21-18(23)14-26-19(24)12-11-17-6-5-13-27-17/h5-10,13H,3-4,11-12,14H2,1-2H3,(H,21,23). The number of nitrogens with zero attached hydrogens (tertiary/aromatic N) is 1. The van der Waals surface area contributed by atoms with Crippen LogP contribution < -0.4 is 5.32 Å². The first-order valence-corrected chi connectivity index (χ1v) is 9.78. The van der Waals surface area contributed by atoms with Crippen molar-refractivity contribution < 1.29 is 19.1 Å². The molecule has 0 atom stereocenters. The number of benzene rings is 1. The number of carbonyl (C=O) groups is 3. The van der Waals surface area contributed by atoms with Gasteiger partial charge < -0.3 is 15.0 Å². The molecule has 6 nitrogen and oxygen atoms in total. The van der Waals surface area contributed by atoms with Crippen molar-refractivity contribution in [2.45, 2.75) is 26.7 Å². The molecule has 0 spiro atoms. The van der Waals surface area contributed by atoms with E-state index in [2.05, 4.69) is 5.32 Å². The van der Waals surface area contributed by atoms with Crippen molar-refractivity contribution in [3.05, 3.63) is 52.2 Å². The molecular formula is C20H24N2O4S. The molecule has 0 aliphatic carbocycles. The Bertz CT molecular complexity index is 753. The average Bonchev–Trinajstić information content (AvgIpc) is 3.20. The van der Waals surface area contributed by atoms with E-state index in [-0.39, 0.29) is 18.9 Å². The third-order valence-electron chi connectivity index (χ3n) is 3.99. The molecule has 2 aromatic rings. The van der Waals surface area contributed by atoms with Crippen LogP contribution in [0.4, 0.5) is 5.69 Å². The summed E-state index contributed by atoms with van der Waals surface area (Å²) in [4.78, 5) is 38.7. The van der Waals surface area contributed by atoms with Gasteiger partial charge >= 0.3 is 5.97 Å². The van der Waals surface area contributed by atoms with E-state index in [4.69, 9.17) is 4.74 Å². The number of rotatable bonds is 9. The summed E-state index contributed by atoms with van der Waals surface area (Å²) in [5.74, 6) is -0.862. The molecular weight excluding hydrogens is 364 g/mol. The number of ether oxygens (including phenoxy) is 1. The third kappa shape index (κ3) is 6.53. The minimum Gasteiger partial charge on any atom is -0.456 e. The first-order chi connectivity index (χ1) is 13.0. The van der Waals surface area contributed by atoms with E-state index in [9.17, 15) is 14.4 Å². The van der Waals surface area contributed by atoms with Crippen LogP contribution in [0.2, 0.25) is 0 Å². The molecule has 27 heavy (non-hydrogen) atoms. The fourth-order valence-electron chi connectivity index (χ4n) is 2.48. The normalized spacial score (nSPS) is 10.3. The van der Waals surface area contributed by atoms with Crippen molar-refractivity contribution in [3.8, 4) is 0 Å². The second-order valence-corrected chi connectivity index (χ2v) is 6.88. The zero-order valence-electron chi connectivity index (χ0n) is 15.6. The van der Waals surface area contributed by atoms with E-state index < -0.39 is 11.9 Å². The predicted molar refractivity (Wildman–Crippen MR) is 106 cm³/mol. The maximum atomic E-state index is 12.2. The summed E-state index contributed by atoms with van der Waals surface area (Å²) in [6.07, 6.45) is 0.857. The van der Waals surface area contributed by atoms with Crippen molar-refractivity contribution in [2.24, 2.45) is 0 Å². The molecule has 1 N–H and O–H groups in total.